The van der Waals surface area contributed by atoms with Crippen molar-refractivity contribution in [3.05, 3.63) is 65.3 Å². The summed E-state index contributed by atoms with van der Waals surface area (Å²) < 4.78 is 0. The van der Waals surface area contributed by atoms with Gasteiger partial charge in [0.2, 0.25) is 0 Å². The van der Waals surface area contributed by atoms with Gasteiger partial charge in [-0.1, -0.05) is 50.3 Å². The summed E-state index contributed by atoms with van der Waals surface area (Å²) >= 11 is 0. The summed E-state index contributed by atoms with van der Waals surface area (Å²) in [5.74, 6) is 0.122. The molecule has 0 aromatic heterocycles. The summed E-state index contributed by atoms with van der Waals surface area (Å²) in [7, 11) is 0. The number of ketones is 1. The Hall–Kier alpha value is -1.89. The van der Waals surface area contributed by atoms with Gasteiger partial charge in [-0.2, -0.15) is 0 Å². The minimum atomic E-state index is 0.0666. The van der Waals surface area contributed by atoms with E-state index in [4.69, 9.17) is 0 Å². The van der Waals surface area contributed by atoms with Crippen molar-refractivity contribution in [2.45, 2.75) is 26.7 Å². The molecule has 0 saturated heterocycles. The molecule has 96 valence electrons. The van der Waals surface area contributed by atoms with Gasteiger partial charge in [-0.05, 0) is 47.3 Å². The Morgan fingerprint density at radius 3 is 2.32 bits per heavy atom. The van der Waals surface area contributed by atoms with E-state index in [1.807, 2.05) is 18.2 Å². The number of fused-ring (bicyclic) bond motifs is 1. The number of hydrogen-bond donors (Lipinski definition) is 0. The molecular weight excluding hydrogens is 232 g/mol. The van der Waals surface area contributed by atoms with E-state index in [9.17, 15) is 4.79 Å². The van der Waals surface area contributed by atoms with E-state index in [0.717, 1.165) is 12.8 Å². The summed E-state index contributed by atoms with van der Waals surface area (Å²) in [6.45, 7) is 4.43. The maximum Gasteiger partial charge on any atom is 0.178 e. The van der Waals surface area contributed by atoms with Gasteiger partial charge < -0.3 is 0 Å². The van der Waals surface area contributed by atoms with Gasteiger partial charge in [0, 0.05) is 5.41 Å². The van der Waals surface area contributed by atoms with E-state index in [1.54, 1.807) is 6.08 Å². The van der Waals surface area contributed by atoms with E-state index in [2.05, 4.69) is 38.1 Å². The number of carbonyl (C=O) groups excluding carboxylic acids is 1. The van der Waals surface area contributed by atoms with Crippen LogP contribution >= 0.6 is 0 Å². The zero-order valence-electron chi connectivity index (χ0n) is 11.4. The number of allylic oxidation sites excluding steroid dienone is 6. The predicted octanol–water partition coefficient (Wildman–Crippen LogP) is 4.33. The van der Waals surface area contributed by atoms with E-state index in [-0.39, 0.29) is 11.2 Å². The van der Waals surface area contributed by atoms with Gasteiger partial charge in [0.15, 0.2) is 5.78 Å². The first kappa shape index (κ1) is 12.2. The van der Waals surface area contributed by atoms with Crippen LogP contribution in [-0.4, -0.2) is 5.78 Å². The molecule has 0 N–H and O–H groups in total. The minimum Gasteiger partial charge on any atom is -0.290 e. The quantitative estimate of drug-likeness (QED) is 0.780. The van der Waals surface area contributed by atoms with Crippen molar-refractivity contribution in [1.29, 1.82) is 0 Å². The highest BCUT2D eigenvalue weighted by Gasteiger charge is 2.47. The summed E-state index contributed by atoms with van der Waals surface area (Å²) in [5, 5.41) is 0. The SMILES string of the molecule is CCC1(CC)C2=CC(=O)C=CC2=C1c1ccccc1. The molecule has 0 heterocycles. The molecule has 1 aromatic carbocycles. The highest BCUT2D eigenvalue weighted by Crippen LogP contribution is 2.61. The number of benzene rings is 1. The molecule has 19 heavy (non-hydrogen) atoms. The first-order valence-electron chi connectivity index (χ1n) is 6.97. The molecule has 1 nitrogen and oxygen atoms in total. The predicted molar refractivity (Wildman–Crippen MR) is 78.6 cm³/mol. The average Bonchev–Trinajstić information content (AvgIpc) is 2.44. The molecule has 0 atom stereocenters. The van der Waals surface area contributed by atoms with Crippen molar-refractivity contribution in [3.8, 4) is 0 Å². The molecule has 1 aromatic rings. The molecule has 0 fully saturated rings. The molecule has 0 radical (unpaired) electrons. The normalized spacial score (nSPS) is 19.9. The standard InChI is InChI=1S/C18H18O/c1-3-18(4-2)16-12-14(19)10-11-15(16)17(18)13-8-6-5-7-9-13/h5-12H,3-4H2,1-2H3. The maximum atomic E-state index is 11.6. The fraction of sp³-hybridized carbons (Fsp3) is 0.278. The molecule has 2 aliphatic carbocycles. The van der Waals surface area contributed by atoms with Gasteiger partial charge in [-0.15, -0.1) is 0 Å². The van der Waals surface area contributed by atoms with E-state index in [1.165, 1.54) is 22.3 Å². The van der Waals surface area contributed by atoms with Crippen LogP contribution in [0.4, 0.5) is 0 Å². The van der Waals surface area contributed by atoms with Crippen molar-refractivity contribution >= 4 is 11.4 Å². The van der Waals surface area contributed by atoms with Crippen LogP contribution in [0.25, 0.3) is 5.57 Å². The van der Waals surface area contributed by atoms with Crippen LogP contribution in [-0.2, 0) is 4.79 Å². The van der Waals surface area contributed by atoms with Crippen LogP contribution in [0.5, 0.6) is 0 Å². The third-order valence-corrected chi connectivity index (χ3v) is 4.52. The van der Waals surface area contributed by atoms with Crippen molar-refractivity contribution in [3.63, 3.8) is 0 Å². The van der Waals surface area contributed by atoms with Crippen LogP contribution in [0, 0.1) is 5.41 Å². The molecular formula is C18H18O. The van der Waals surface area contributed by atoms with Gasteiger partial charge in [0.25, 0.3) is 0 Å². The van der Waals surface area contributed by atoms with Crippen molar-refractivity contribution in [2.75, 3.05) is 0 Å². The van der Waals surface area contributed by atoms with E-state index in [0.29, 0.717) is 0 Å². The fourth-order valence-corrected chi connectivity index (χ4v) is 3.49. The lowest BCUT2D eigenvalue weighted by Gasteiger charge is -2.48. The summed E-state index contributed by atoms with van der Waals surface area (Å²) in [5.41, 5.74) is 5.26. The number of carbonyl (C=O) groups is 1. The van der Waals surface area contributed by atoms with Crippen LogP contribution in [0.15, 0.2) is 59.7 Å². The Kier molecular flexibility index (Phi) is 2.78. The topological polar surface area (TPSA) is 17.1 Å². The zero-order chi connectivity index (χ0) is 13.5. The molecule has 0 aliphatic heterocycles. The summed E-state index contributed by atoms with van der Waals surface area (Å²) in [4.78, 5) is 11.6. The van der Waals surface area contributed by atoms with Crippen molar-refractivity contribution in [1.82, 2.24) is 0 Å². The molecule has 0 saturated carbocycles. The Balaban J connectivity index is 2.21. The molecule has 0 amide bonds. The minimum absolute atomic E-state index is 0.0666. The number of rotatable bonds is 3. The molecule has 1 heteroatoms. The third-order valence-electron chi connectivity index (χ3n) is 4.52. The van der Waals surface area contributed by atoms with Crippen LogP contribution in [0.3, 0.4) is 0 Å². The van der Waals surface area contributed by atoms with Crippen molar-refractivity contribution < 1.29 is 4.79 Å². The Bertz CT molecular complexity index is 610. The molecule has 2 aliphatic rings. The van der Waals surface area contributed by atoms with Gasteiger partial charge in [0.05, 0.1) is 0 Å². The highest BCUT2D eigenvalue weighted by molar-refractivity contribution is 6.07. The largest absolute Gasteiger partial charge is 0.290 e. The Morgan fingerprint density at radius 2 is 1.68 bits per heavy atom. The first-order valence-corrected chi connectivity index (χ1v) is 6.97. The zero-order valence-corrected chi connectivity index (χ0v) is 11.4. The van der Waals surface area contributed by atoms with Gasteiger partial charge in [-0.25, -0.2) is 0 Å². The lowest BCUT2D eigenvalue weighted by Crippen LogP contribution is -2.35. The maximum absolute atomic E-state index is 11.6. The fourth-order valence-electron chi connectivity index (χ4n) is 3.49. The molecule has 0 spiro atoms. The second-order valence-corrected chi connectivity index (χ2v) is 5.24. The second kappa shape index (κ2) is 4.34. The highest BCUT2D eigenvalue weighted by atomic mass is 16.1. The van der Waals surface area contributed by atoms with Crippen LogP contribution < -0.4 is 0 Å². The molecule has 0 unspecified atom stereocenters. The van der Waals surface area contributed by atoms with E-state index >= 15 is 0 Å². The molecule has 3 rings (SSSR count). The van der Waals surface area contributed by atoms with Crippen LogP contribution in [0.2, 0.25) is 0 Å². The Labute approximate surface area is 114 Å². The monoisotopic (exact) mass is 250 g/mol. The lowest BCUT2D eigenvalue weighted by atomic mass is 9.54. The second-order valence-electron chi connectivity index (χ2n) is 5.24. The third kappa shape index (κ3) is 1.58. The molecule has 0 bridgehead atoms. The summed E-state index contributed by atoms with van der Waals surface area (Å²) in [6.07, 6.45) is 7.59. The van der Waals surface area contributed by atoms with Gasteiger partial charge in [-0.3, -0.25) is 4.79 Å². The summed E-state index contributed by atoms with van der Waals surface area (Å²) in [6, 6.07) is 10.5. The Morgan fingerprint density at radius 1 is 1.00 bits per heavy atom. The lowest BCUT2D eigenvalue weighted by molar-refractivity contribution is -0.110. The van der Waals surface area contributed by atoms with Crippen LogP contribution in [0.1, 0.15) is 32.3 Å². The van der Waals surface area contributed by atoms with E-state index < -0.39 is 0 Å². The van der Waals surface area contributed by atoms with Crippen molar-refractivity contribution in [2.24, 2.45) is 5.41 Å². The van der Waals surface area contributed by atoms with Gasteiger partial charge >= 0.3 is 0 Å². The number of hydrogen-bond acceptors (Lipinski definition) is 1. The smallest absolute Gasteiger partial charge is 0.178 e. The van der Waals surface area contributed by atoms with Gasteiger partial charge in [0.1, 0.15) is 0 Å². The first-order chi connectivity index (χ1) is 9.23. The average molecular weight is 250 g/mol.